The lowest BCUT2D eigenvalue weighted by molar-refractivity contribution is -0.139. The van der Waals surface area contributed by atoms with Crippen molar-refractivity contribution in [1.29, 1.82) is 0 Å². The fourth-order valence-corrected chi connectivity index (χ4v) is 4.51. The Hall–Kier alpha value is 0.0500. The highest BCUT2D eigenvalue weighted by atomic mass is 35.5. The molecule has 5 atom stereocenters. The molecule has 0 spiro atoms. The zero-order valence-corrected chi connectivity index (χ0v) is 9.84. The Labute approximate surface area is 98.9 Å². The largest absolute Gasteiger partial charge is 0.481 e. The quantitative estimate of drug-likeness (QED) is 0.725. The third-order valence-corrected chi connectivity index (χ3v) is 5.73. The predicted molar refractivity (Wildman–Crippen MR) is 58.0 cm³/mol. The molecule has 2 nitrogen and oxygen atoms in total. The number of hydrogen-bond donors (Lipinski definition) is 1. The minimum Gasteiger partial charge on any atom is -0.481 e. The highest BCUT2D eigenvalue weighted by Gasteiger charge is 2.65. The molecule has 3 saturated carbocycles. The molecule has 0 aromatic heterocycles. The van der Waals surface area contributed by atoms with E-state index in [1.165, 1.54) is 0 Å². The third-order valence-electron chi connectivity index (χ3n) is 4.60. The number of carboxylic acids is 1. The van der Waals surface area contributed by atoms with Crippen molar-refractivity contribution in [3.63, 3.8) is 0 Å². The summed E-state index contributed by atoms with van der Waals surface area (Å²) < 4.78 is -0.491. The number of carbonyl (C=O) groups is 1. The van der Waals surface area contributed by atoms with Crippen molar-refractivity contribution >= 4 is 29.2 Å². The first-order valence-electron chi connectivity index (χ1n) is 5.64. The zero-order chi connectivity index (χ0) is 10.8. The number of rotatable bonds is 1. The highest BCUT2D eigenvalue weighted by Crippen LogP contribution is 2.67. The van der Waals surface area contributed by atoms with Crippen molar-refractivity contribution in [2.24, 2.45) is 29.6 Å². The highest BCUT2D eigenvalue weighted by molar-refractivity contribution is 6.51. The number of halogens is 2. The van der Waals surface area contributed by atoms with Crippen LogP contribution in [-0.2, 0) is 4.79 Å². The van der Waals surface area contributed by atoms with Crippen LogP contribution in [0, 0.1) is 29.6 Å². The summed E-state index contributed by atoms with van der Waals surface area (Å²) in [6.45, 7) is 0. The molecule has 0 bridgehead atoms. The van der Waals surface area contributed by atoms with E-state index in [9.17, 15) is 4.79 Å². The molecule has 0 saturated heterocycles. The van der Waals surface area contributed by atoms with Crippen LogP contribution in [-0.4, -0.2) is 15.4 Å². The summed E-state index contributed by atoms with van der Waals surface area (Å²) in [6, 6.07) is 0. The van der Waals surface area contributed by atoms with E-state index in [0.29, 0.717) is 23.7 Å². The minimum atomic E-state index is -0.608. The topological polar surface area (TPSA) is 37.3 Å². The third kappa shape index (κ3) is 1.41. The number of fused-ring (bicyclic) bond motifs is 2. The van der Waals surface area contributed by atoms with Gasteiger partial charge in [0, 0.05) is 0 Å². The zero-order valence-electron chi connectivity index (χ0n) is 8.33. The van der Waals surface area contributed by atoms with E-state index in [0.717, 1.165) is 25.7 Å². The maximum Gasteiger partial charge on any atom is 0.307 e. The SMILES string of the molecule is O=C(O)C1[C@H]2CC[C@@H]3[C@@H](CC[C@@H]12)C3(Cl)Cl. The molecule has 3 aliphatic rings. The van der Waals surface area contributed by atoms with Crippen molar-refractivity contribution in [3.8, 4) is 0 Å². The Kier molecular flexibility index (Phi) is 2.07. The molecule has 0 heterocycles. The van der Waals surface area contributed by atoms with Crippen LogP contribution in [0.2, 0.25) is 0 Å². The van der Waals surface area contributed by atoms with Gasteiger partial charge in [0.2, 0.25) is 0 Å². The summed E-state index contributed by atoms with van der Waals surface area (Å²) in [5, 5.41) is 9.00. The van der Waals surface area contributed by atoms with Gasteiger partial charge in [-0.3, -0.25) is 4.79 Å². The van der Waals surface area contributed by atoms with Crippen molar-refractivity contribution in [3.05, 3.63) is 0 Å². The maximum atomic E-state index is 10.9. The predicted octanol–water partition coefficient (Wildman–Crippen LogP) is 2.93. The summed E-state index contributed by atoms with van der Waals surface area (Å²) >= 11 is 12.3. The van der Waals surface area contributed by atoms with Crippen LogP contribution in [0.3, 0.4) is 0 Å². The normalized spacial score (nSPS) is 50.7. The van der Waals surface area contributed by atoms with Gasteiger partial charge in [-0.15, -0.1) is 23.2 Å². The number of aliphatic carboxylic acids is 1. The number of hydrogen-bond acceptors (Lipinski definition) is 1. The molecule has 1 unspecified atom stereocenters. The van der Waals surface area contributed by atoms with Gasteiger partial charge in [0.1, 0.15) is 4.33 Å². The van der Waals surface area contributed by atoms with Gasteiger partial charge in [0.05, 0.1) is 5.92 Å². The first-order chi connectivity index (χ1) is 7.03. The maximum absolute atomic E-state index is 10.9. The van der Waals surface area contributed by atoms with Gasteiger partial charge in [-0.05, 0) is 49.4 Å². The molecular weight excluding hydrogens is 235 g/mol. The molecule has 84 valence electrons. The van der Waals surface area contributed by atoms with Crippen LogP contribution < -0.4 is 0 Å². The second-order valence-corrected chi connectivity index (χ2v) is 6.68. The van der Waals surface area contributed by atoms with Crippen molar-refractivity contribution in [1.82, 2.24) is 0 Å². The Balaban J connectivity index is 1.67. The number of carboxylic acid groups (broad SMARTS) is 1. The van der Waals surface area contributed by atoms with E-state index in [2.05, 4.69) is 0 Å². The average molecular weight is 249 g/mol. The lowest BCUT2D eigenvalue weighted by Crippen LogP contribution is -2.01. The summed E-state index contributed by atoms with van der Waals surface area (Å²) in [6.07, 6.45) is 4.04. The summed E-state index contributed by atoms with van der Waals surface area (Å²) in [4.78, 5) is 10.9. The summed E-state index contributed by atoms with van der Waals surface area (Å²) in [7, 11) is 0. The summed E-state index contributed by atoms with van der Waals surface area (Å²) in [5.41, 5.74) is 0. The van der Waals surface area contributed by atoms with E-state index < -0.39 is 10.3 Å². The van der Waals surface area contributed by atoms with E-state index in [1.54, 1.807) is 0 Å². The Morgan fingerprint density at radius 2 is 1.53 bits per heavy atom. The van der Waals surface area contributed by atoms with Gasteiger partial charge in [-0.1, -0.05) is 0 Å². The molecule has 3 rings (SSSR count). The second kappa shape index (κ2) is 3.04. The summed E-state index contributed by atoms with van der Waals surface area (Å²) in [5.74, 6) is 1.00. The van der Waals surface area contributed by atoms with Gasteiger partial charge in [-0.2, -0.15) is 0 Å². The molecular formula is C11H14Cl2O2. The molecule has 15 heavy (non-hydrogen) atoms. The minimum absolute atomic E-state index is 0.0671. The van der Waals surface area contributed by atoms with E-state index in [-0.39, 0.29) is 5.92 Å². The monoisotopic (exact) mass is 248 g/mol. The molecule has 1 N–H and O–H groups in total. The van der Waals surface area contributed by atoms with E-state index >= 15 is 0 Å². The molecule has 0 aromatic carbocycles. The van der Waals surface area contributed by atoms with E-state index in [4.69, 9.17) is 28.3 Å². The van der Waals surface area contributed by atoms with Gasteiger partial charge in [-0.25, -0.2) is 0 Å². The van der Waals surface area contributed by atoms with Crippen LogP contribution in [0.15, 0.2) is 0 Å². The van der Waals surface area contributed by atoms with Gasteiger partial charge < -0.3 is 5.11 Å². The number of alkyl halides is 2. The second-order valence-electron chi connectivity index (χ2n) is 5.23. The lowest BCUT2D eigenvalue weighted by Gasteiger charge is -2.03. The molecule has 3 fully saturated rings. The van der Waals surface area contributed by atoms with Gasteiger partial charge >= 0.3 is 5.97 Å². The Bertz CT molecular complexity index is 294. The molecule has 0 amide bonds. The molecule has 4 heteroatoms. The standard InChI is InChI=1S/C11H14Cl2O2/c12-11(13)7-3-1-5-6(2-4-8(7)11)9(5)10(14)15/h5-9H,1-4H2,(H,14,15)/t5-,6+,7-,8-,9?/m1/s1. The molecule has 0 radical (unpaired) electrons. The fourth-order valence-electron chi connectivity index (χ4n) is 3.59. The van der Waals surface area contributed by atoms with Crippen LogP contribution in [0.1, 0.15) is 25.7 Å². The Morgan fingerprint density at radius 3 is 1.93 bits per heavy atom. The van der Waals surface area contributed by atoms with E-state index in [1.807, 2.05) is 0 Å². The lowest BCUT2D eigenvalue weighted by atomic mass is 10.0. The smallest absolute Gasteiger partial charge is 0.307 e. The van der Waals surface area contributed by atoms with Crippen LogP contribution in [0.4, 0.5) is 0 Å². The first-order valence-corrected chi connectivity index (χ1v) is 6.39. The van der Waals surface area contributed by atoms with Crippen LogP contribution in [0.25, 0.3) is 0 Å². The molecule has 0 aromatic rings. The van der Waals surface area contributed by atoms with Crippen molar-refractivity contribution in [2.45, 2.75) is 30.0 Å². The molecule has 0 aliphatic heterocycles. The Morgan fingerprint density at radius 1 is 1.07 bits per heavy atom. The first kappa shape index (κ1) is 10.2. The van der Waals surface area contributed by atoms with Gasteiger partial charge in [0.15, 0.2) is 0 Å². The van der Waals surface area contributed by atoms with Gasteiger partial charge in [0.25, 0.3) is 0 Å². The van der Waals surface area contributed by atoms with Crippen molar-refractivity contribution in [2.75, 3.05) is 0 Å². The van der Waals surface area contributed by atoms with Crippen molar-refractivity contribution < 1.29 is 9.90 Å². The molecule has 3 aliphatic carbocycles. The average Bonchev–Trinajstić information content (AvgIpc) is 2.88. The van der Waals surface area contributed by atoms with Crippen LogP contribution >= 0.6 is 23.2 Å². The van der Waals surface area contributed by atoms with Crippen LogP contribution in [0.5, 0.6) is 0 Å². The fraction of sp³-hybridized carbons (Fsp3) is 0.909.